The molecular weight excluding hydrogens is 685 g/mol. The summed E-state index contributed by atoms with van der Waals surface area (Å²) in [5, 5.41) is 12.6. The normalized spacial score (nSPS) is 18.8. The molecule has 5 aromatic rings. The predicted octanol–water partition coefficient (Wildman–Crippen LogP) is 7.85. The van der Waals surface area contributed by atoms with Crippen LogP contribution in [0.25, 0.3) is 0 Å². The topological polar surface area (TPSA) is 135 Å². The van der Waals surface area contributed by atoms with E-state index in [0.29, 0.717) is 16.1 Å². The van der Waals surface area contributed by atoms with E-state index in [0.717, 1.165) is 16.0 Å². The molecule has 0 radical (unpaired) electrons. The Morgan fingerprint density at radius 3 is 1.88 bits per heavy atom. The molecule has 0 aliphatic carbocycles. The van der Waals surface area contributed by atoms with Gasteiger partial charge in [-0.25, -0.2) is 14.4 Å². The van der Waals surface area contributed by atoms with Crippen molar-refractivity contribution in [3.63, 3.8) is 0 Å². The number of rotatable bonds is 9. The number of hydrogen-bond donors (Lipinski definition) is 0. The molecule has 262 valence electrons. The SMILES string of the molecule is Cc1cc(C)c2c(c1)N([C@@H]1O[C@H](COC(=O)c3ccccc3)[C@@H](OC(=O)c3ccccc3)[C@H]1OC(=O)c1ccccc1)c1c(cccc1[N+](=O)[O-])S2. The summed E-state index contributed by atoms with van der Waals surface area (Å²) in [7, 11) is 0. The minimum Gasteiger partial charge on any atom is -0.459 e. The van der Waals surface area contributed by atoms with Crippen molar-refractivity contribution in [3.8, 4) is 0 Å². The first-order valence-electron chi connectivity index (χ1n) is 16.4. The first kappa shape index (κ1) is 34.5. The minimum atomic E-state index is -1.37. The van der Waals surface area contributed by atoms with E-state index in [1.165, 1.54) is 17.8 Å². The van der Waals surface area contributed by atoms with E-state index in [-0.39, 0.29) is 22.5 Å². The maximum atomic E-state index is 13.8. The third-order valence-electron chi connectivity index (χ3n) is 8.72. The van der Waals surface area contributed by atoms with Crippen molar-refractivity contribution >= 4 is 46.7 Å². The van der Waals surface area contributed by atoms with Crippen molar-refractivity contribution in [2.75, 3.05) is 11.5 Å². The maximum absolute atomic E-state index is 13.8. The third-order valence-corrected chi connectivity index (χ3v) is 10.0. The lowest BCUT2D eigenvalue weighted by Crippen LogP contribution is -2.47. The van der Waals surface area contributed by atoms with Crippen LogP contribution < -0.4 is 4.90 Å². The third kappa shape index (κ3) is 6.85. The second-order valence-corrected chi connectivity index (χ2v) is 13.3. The van der Waals surface area contributed by atoms with Crippen LogP contribution in [0.2, 0.25) is 0 Å². The summed E-state index contributed by atoms with van der Waals surface area (Å²) in [4.78, 5) is 55.8. The number of hydrogen-bond acceptors (Lipinski definition) is 11. The van der Waals surface area contributed by atoms with Crippen LogP contribution in [-0.2, 0) is 18.9 Å². The van der Waals surface area contributed by atoms with E-state index in [4.69, 9.17) is 18.9 Å². The number of fused-ring (bicyclic) bond motifs is 2. The fourth-order valence-corrected chi connectivity index (χ4v) is 7.53. The van der Waals surface area contributed by atoms with Crippen LogP contribution in [0.3, 0.4) is 0 Å². The van der Waals surface area contributed by atoms with Gasteiger partial charge in [-0.15, -0.1) is 0 Å². The Hall–Kier alpha value is -5.98. The monoisotopic (exact) mass is 716 g/mol. The summed E-state index contributed by atoms with van der Waals surface area (Å²) in [6.45, 7) is 3.45. The summed E-state index contributed by atoms with van der Waals surface area (Å²) in [6.07, 6.45) is -5.16. The summed E-state index contributed by atoms with van der Waals surface area (Å²) in [6, 6.07) is 33.6. The largest absolute Gasteiger partial charge is 0.459 e. The number of nitrogens with zero attached hydrogens (tertiary/aromatic N) is 2. The molecule has 1 fully saturated rings. The smallest absolute Gasteiger partial charge is 0.338 e. The lowest BCUT2D eigenvalue weighted by Gasteiger charge is -2.38. The van der Waals surface area contributed by atoms with Gasteiger partial charge in [0.2, 0.25) is 0 Å². The van der Waals surface area contributed by atoms with Crippen LogP contribution in [0.5, 0.6) is 0 Å². The van der Waals surface area contributed by atoms with Crippen LogP contribution >= 0.6 is 11.8 Å². The van der Waals surface area contributed by atoms with Gasteiger partial charge in [0.15, 0.2) is 18.4 Å². The van der Waals surface area contributed by atoms with Crippen LogP contribution in [-0.4, -0.2) is 54.0 Å². The molecule has 0 N–H and O–H groups in total. The molecule has 0 bridgehead atoms. The molecule has 7 rings (SSSR count). The first-order valence-corrected chi connectivity index (χ1v) is 17.3. The van der Waals surface area contributed by atoms with E-state index in [1.807, 2.05) is 26.0 Å². The molecule has 11 nitrogen and oxygen atoms in total. The number of benzene rings is 5. The molecule has 2 heterocycles. The molecule has 0 amide bonds. The Balaban J connectivity index is 1.37. The van der Waals surface area contributed by atoms with Gasteiger partial charge < -0.3 is 23.8 Å². The Kier molecular flexibility index (Phi) is 9.75. The molecule has 0 aromatic heterocycles. The van der Waals surface area contributed by atoms with E-state index >= 15 is 0 Å². The van der Waals surface area contributed by atoms with Crippen molar-refractivity contribution in [1.29, 1.82) is 0 Å². The van der Waals surface area contributed by atoms with Crippen molar-refractivity contribution in [2.45, 2.75) is 48.2 Å². The van der Waals surface area contributed by atoms with Crippen molar-refractivity contribution in [3.05, 3.63) is 159 Å². The fourth-order valence-electron chi connectivity index (χ4n) is 6.39. The Bertz CT molecular complexity index is 2150. The molecule has 12 heteroatoms. The number of anilines is 2. The van der Waals surface area contributed by atoms with Crippen LogP contribution in [0.1, 0.15) is 42.2 Å². The molecule has 2 aliphatic heterocycles. The molecule has 0 saturated carbocycles. The Morgan fingerprint density at radius 1 is 0.750 bits per heavy atom. The number of para-hydroxylation sites is 1. The molecule has 1 saturated heterocycles. The molecule has 52 heavy (non-hydrogen) atoms. The Labute approximate surface area is 303 Å². The zero-order valence-corrected chi connectivity index (χ0v) is 28.9. The molecular formula is C40H32N2O9S. The highest BCUT2D eigenvalue weighted by Crippen LogP contribution is 2.55. The van der Waals surface area contributed by atoms with Gasteiger partial charge in [0.1, 0.15) is 18.4 Å². The summed E-state index contributed by atoms with van der Waals surface area (Å²) in [5.41, 5.74) is 3.12. The van der Waals surface area contributed by atoms with Crippen LogP contribution in [0.15, 0.2) is 131 Å². The number of carbonyl (C=O) groups is 3. The lowest BCUT2D eigenvalue weighted by molar-refractivity contribution is -0.384. The first-order chi connectivity index (χ1) is 25.2. The van der Waals surface area contributed by atoms with E-state index in [2.05, 4.69) is 0 Å². The van der Waals surface area contributed by atoms with Gasteiger partial charge in [-0.2, -0.15) is 0 Å². The zero-order valence-electron chi connectivity index (χ0n) is 28.0. The zero-order chi connectivity index (χ0) is 36.4. The van der Waals surface area contributed by atoms with Gasteiger partial charge >= 0.3 is 17.9 Å². The number of nitro groups is 1. The highest BCUT2D eigenvalue weighted by atomic mass is 32.2. The van der Waals surface area contributed by atoms with Gasteiger partial charge in [0.25, 0.3) is 5.69 Å². The summed E-state index contributed by atoms with van der Waals surface area (Å²) < 4.78 is 24.7. The van der Waals surface area contributed by atoms with Gasteiger partial charge in [-0.1, -0.05) is 78.5 Å². The van der Waals surface area contributed by atoms with Crippen molar-refractivity contribution in [1.82, 2.24) is 0 Å². The number of aryl methyl sites for hydroxylation is 2. The molecule has 2 aliphatic rings. The maximum Gasteiger partial charge on any atom is 0.338 e. The van der Waals surface area contributed by atoms with Gasteiger partial charge in [-0.3, -0.25) is 10.1 Å². The van der Waals surface area contributed by atoms with Crippen molar-refractivity contribution < 1.29 is 38.3 Å². The average Bonchev–Trinajstić information content (AvgIpc) is 3.48. The molecule has 4 atom stereocenters. The number of carbonyl (C=O) groups excluding carboxylic acids is 3. The summed E-state index contributed by atoms with van der Waals surface area (Å²) >= 11 is 1.38. The highest BCUT2D eigenvalue weighted by molar-refractivity contribution is 7.99. The quantitative estimate of drug-likeness (QED) is 0.0639. The average molecular weight is 717 g/mol. The highest BCUT2D eigenvalue weighted by Gasteiger charge is 2.55. The molecule has 5 aromatic carbocycles. The van der Waals surface area contributed by atoms with E-state index in [9.17, 15) is 24.5 Å². The van der Waals surface area contributed by atoms with Crippen molar-refractivity contribution in [2.24, 2.45) is 0 Å². The number of nitro benzene ring substituents is 1. The van der Waals surface area contributed by atoms with Crippen LogP contribution in [0.4, 0.5) is 17.1 Å². The predicted molar refractivity (Wildman–Crippen MR) is 192 cm³/mol. The molecule has 0 spiro atoms. The minimum absolute atomic E-state index is 0.205. The van der Waals surface area contributed by atoms with Gasteiger partial charge in [-0.05, 0) is 73.5 Å². The van der Waals surface area contributed by atoms with E-state index < -0.39 is 54.0 Å². The van der Waals surface area contributed by atoms with Gasteiger partial charge in [0, 0.05) is 15.9 Å². The number of ether oxygens (including phenoxy) is 4. The van der Waals surface area contributed by atoms with Gasteiger partial charge in [0.05, 0.1) is 27.3 Å². The fraction of sp³-hybridized carbons (Fsp3) is 0.175. The van der Waals surface area contributed by atoms with E-state index in [1.54, 1.807) is 108 Å². The summed E-state index contributed by atoms with van der Waals surface area (Å²) in [5.74, 6) is -2.12. The van der Waals surface area contributed by atoms with Crippen LogP contribution in [0, 0.1) is 24.0 Å². The standard InChI is InChI=1S/C40H32N2O9S/c1-24-21-25(2)36-30(22-24)41(33-29(42(46)47)19-12-20-32(33)52-36)37-35(51-40(45)28-17-10-5-11-18-28)34(50-39(44)27-15-8-4-9-16-27)31(49-37)23-48-38(43)26-13-6-3-7-14-26/h3-22,31,34-35,37H,23H2,1-2H3/t31-,34-,35-,37-/m1/s1. The number of esters is 3. The second-order valence-electron chi connectivity index (χ2n) is 12.3. The lowest BCUT2D eigenvalue weighted by atomic mass is 10.0. The molecule has 0 unspecified atom stereocenters. The Morgan fingerprint density at radius 2 is 1.31 bits per heavy atom. The second kappa shape index (κ2) is 14.7.